The second-order valence-corrected chi connectivity index (χ2v) is 6.12. The molecule has 0 saturated carbocycles. The molecular formula is C19H23N3OS. The van der Waals surface area contributed by atoms with E-state index in [0.717, 1.165) is 31.2 Å². The van der Waals surface area contributed by atoms with Gasteiger partial charge in [0.05, 0.1) is 6.54 Å². The van der Waals surface area contributed by atoms with Crippen LogP contribution in [0.5, 0.6) is 5.75 Å². The molecule has 0 saturated heterocycles. The van der Waals surface area contributed by atoms with Crippen LogP contribution in [0.15, 0.2) is 46.8 Å². The fraction of sp³-hybridized carbons (Fsp3) is 0.316. The second-order valence-electron chi connectivity index (χ2n) is 5.09. The van der Waals surface area contributed by atoms with Crippen LogP contribution in [-0.2, 0) is 13.0 Å². The molecule has 2 rings (SSSR count). The van der Waals surface area contributed by atoms with Gasteiger partial charge in [0.1, 0.15) is 12.4 Å². The highest BCUT2D eigenvalue weighted by molar-refractivity contribution is 7.09. The van der Waals surface area contributed by atoms with Crippen LogP contribution >= 0.6 is 11.3 Å². The highest BCUT2D eigenvalue weighted by atomic mass is 32.1. The van der Waals surface area contributed by atoms with Gasteiger partial charge in [-0.05, 0) is 42.5 Å². The standard InChI is InChI=1S/C19H23N3OS/c1-3-13-23-17-9-7-16(8-10-17)11-12-21-19(20-4-2)22-15-18-6-5-14-24-18/h1,5-10,14H,4,11-13,15H2,2H3,(H2,20,21,22). The van der Waals surface area contributed by atoms with Crippen molar-refractivity contribution in [1.29, 1.82) is 0 Å². The molecule has 0 amide bonds. The molecule has 2 N–H and O–H groups in total. The Bertz CT molecular complexity index is 657. The van der Waals surface area contributed by atoms with Crippen molar-refractivity contribution >= 4 is 17.3 Å². The molecule has 0 bridgehead atoms. The number of thiophene rings is 1. The third-order valence-corrected chi connectivity index (χ3v) is 4.13. The lowest BCUT2D eigenvalue weighted by Gasteiger charge is -2.11. The van der Waals surface area contributed by atoms with Gasteiger partial charge in [0.15, 0.2) is 5.96 Å². The third kappa shape index (κ3) is 6.35. The van der Waals surface area contributed by atoms with Crippen LogP contribution in [0.25, 0.3) is 0 Å². The van der Waals surface area contributed by atoms with Gasteiger partial charge in [0, 0.05) is 18.0 Å². The zero-order chi connectivity index (χ0) is 17.0. The molecule has 126 valence electrons. The molecular weight excluding hydrogens is 318 g/mol. The number of aliphatic imine (C=N–C) groups is 1. The van der Waals surface area contributed by atoms with Gasteiger partial charge in [0.25, 0.3) is 0 Å². The zero-order valence-electron chi connectivity index (χ0n) is 13.9. The predicted molar refractivity (Wildman–Crippen MR) is 102 cm³/mol. The molecule has 0 aliphatic rings. The third-order valence-electron chi connectivity index (χ3n) is 3.27. The molecule has 0 unspecified atom stereocenters. The topological polar surface area (TPSA) is 45.6 Å². The second kappa shape index (κ2) is 10.3. The van der Waals surface area contributed by atoms with Crippen LogP contribution in [0.1, 0.15) is 17.4 Å². The van der Waals surface area contributed by atoms with Crippen LogP contribution in [-0.4, -0.2) is 25.7 Å². The summed E-state index contributed by atoms with van der Waals surface area (Å²) in [6, 6.07) is 12.2. The molecule has 0 aliphatic heterocycles. The Morgan fingerprint density at radius 3 is 2.75 bits per heavy atom. The fourth-order valence-corrected chi connectivity index (χ4v) is 2.73. The van der Waals surface area contributed by atoms with E-state index in [1.165, 1.54) is 10.4 Å². The first-order chi connectivity index (χ1) is 11.8. The summed E-state index contributed by atoms with van der Waals surface area (Å²) < 4.78 is 5.37. The van der Waals surface area contributed by atoms with Crippen LogP contribution in [0.2, 0.25) is 0 Å². The van der Waals surface area contributed by atoms with Crippen molar-refractivity contribution in [2.45, 2.75) is 19.9 Å². The molecule has 5 heteroatoms. The van der Waals surface area contributed by atoms with Gasteiger partial charge in [-0.1, -0.05) is 24.1 Å². The summed E-state index contributed by atoms with van der Waals surface area (Å²) >= 11 is 1.72. The highest BCUT2D eigenvalue weighted by Gasteiger charge is 2.00. The van der Waals surface area contributed by atoms with E-state index in [1.54, 1.807) is 11.3 Å². The molecule has 24 heavy (non-hydrogen) atoms. The van der Waals surface area contributed by atoms with Crippen LogP contribution in [0, 0.1) is 12.3 Å². The molecule has 1 aromatic heterocycles. The van der Waals surface area contributed by atoms with Gasteiger partial charge < -0.3 is 15.4 Å². The number of benzene rings is 1. The number of terminal acetylenes is 1. The van der Waals surface area contributed by atoms with Gasteiger partial charge in [-0.2, -0.15) is 0 Å². The first-order valence-corrected chi connectivity index (χ1v) is 8.89. The summed E-state index contributed by atoms with van der Waals surface area (Å²) in [6.07, 6.45) is 6.10. The molecule has 1 heterocycles. The molecule has 2 aromatic rings. The Labute approximate surface area is 148 Å². The lowest BCUT2D eigenvalue weighted by molar-refractivity contribution is 0.370. The van der Waals surface area contributed by atoms with Crippen molar-refractivity contribution in [2.24, 2.45) is 4.99 Å². The van der Waals surface area contributed by atoms with E-state index in [2.05, 4.69) is 52.0 Å². The fourth-order valence-electron chi connectivity index (χ4n) is 2.10. The van der Waals surface area contributed by atoms with E-state index in [1.807, 2.05) is 18.2 Å². The summed E-state index contributed by atoms with van der Waals surface area (Å²) in [5.41, 5.74) is 1.24. The minimum absolute atomic E-state index is 0.299. The van der Waals surface area contributed by atoms with Crippen molar-refractivity contribution < 1.29 is 4.74 Å². The summed E-state index contributed by atoms with van der Waals surface area (Å²) in [5.74, 6) is 4.11. The first-order valence-electron chi connectivity index (χ1n) is 8.01. The number of guanidine groups is 1. The van der Waals surface area contributed by atoms with Crippen molar-refractivity contribution in [3.05, 3.63) is 52.2 Å². The van der Waals surface area contributed by atoms with Crippen molar-refractivity contribution in [3.8, 4) is 18.1 Å². The van der Waals surface area contributed by atoms with Crippen LogP contribution in [0.4, 0.5) is 0 Å². The number of hydrogen-bond donors (Lipinski definition) is 2. The molecule has 0 atom stereocenters. The van der Waals surface area contributed by atoms with Gasteiger partial charge in [-0.15, -0.1) is 17.8 Å². The van der Waals surface area contributed by atoms with E-state index in [4.69, 9.17) is 11.2 Å². The SMILES string of the molecule is C#CCOc1ccc(CCNC(=NCc2cccs2)NCC)cc1. The predicted octanol–water partition coefficient (Wildman–Crippen LogP) is 3.06. The van der Waals surface area contributed by atoms with E-state index in [0.29, 0.717) is 13.2 Å². The summed E-state index contributed by atoms with van der Waals surface area (Å²) in [6.45, 7) is 4.73. The molecule has 0 fully saturated rings. The lowest BCUT2D eigenvalue weighted by Crippen LogP contribution is -2.38. The maximum Gasteiger partial charge on any atom is 0.191 e. The first kappa shape index (κ1) is 17.9. The number of nitrogens with zero attached hydrogens (tertiary/aromatic N) is 1. The zero-order valence-corrected chi connectivity index (χ0v) is 14.7. The van der Waals surface area contributed by atoms with Crippen molar-refractivity contribution in [1.82, 2.24) is 10.6 Å². The average Bonchev–Trinajstić information content (AvgIpc) is 3.12. The monoisotopic (exact) mass is 341 g/mol. The van der Waals surface area contributed by atoms with E-state index < -0.39 is 0 Å². The Hall–Kier alpha value is -2.45. The van der Waals surface area contributed by atoms with E-state index >= 15 is 0 Å². The minimum Gasteiger partial charge on any atom is -0.481 e. The highest BCUT2D eigenvalue weighted by Crippen LogP contribution is 2.12. The summed E-state index contributed by atoms with van der Waals surface area (Å²) in [5, 5.41) is 8.71. The molecule has 4 nitrogen and oxygen atoms in total. The van der Waals surface area contributed by atoms with Gasteiger partial charge >= 0.3 is 0 Å². The maximum absolute atomic E-state index is 5.37. The number of rotatable bonds is 8. The maximum atomic E-state index is 5.37. The number of hydrogen-bond acceptors (Lipinski definition) is 3. The van der Waals surface area contributed by atoms with Gasteiger partial charge in [-0.3, -0.25) is 0 Å². The van der Waals surface area contributed by atoms with Crippen molar-refractivity contribution in [2.75, 3.05) is 19.7 Å². The minimum atomic E-state index is 0.299. The Morgan fingerprint density at radius 1 is 1.25 bits per heavy atom. The Morgan fingerprint density at radius 2 is 2.08 bits per heavy atom. The average molecular weight is 341 g/mol. The van der Waals surface area contributed by atoms with E-state index in [9.17, 15) is 0 Å². The molecule has 0 aliphatic carbocycles. The van der Waals surface area contributed by atoms with Crippen molar-refractivity contribution in [3.63, 3.8) is 0 Å². The normalized spacial score (nSPS) is 10.9. The quantitative estimate of drug-likeness (QED) is 0.441. The van der Waals surface area contributed by atoms with Crippen LogP contribution < -0.4 is 15.4 Å². The molecule has 1 aromatic carbocycles. The van der Waals surface area contributed by atoms with Gasteiger partial charge in [0.2, 0.25) is 0 Å². The molecule has 0 radical (unpaired) electrons. The largest absolute Gasteiger partial charge is 0.481 e. The Balaban J connectivity index is 1.79. The van der Waals surface area contributed by atoms with Crippen LogP contribution in [0.3, 0.4) is 0 Å². The molecule has 0 spiro atoms. The van der Waals surface area contributed by atoms with E-state index in [-0.39, 0.29) is 0 Å². The number of ether oxygens (including phenoxy) is 1. The summed E-state index contributed by atoms with van der Waals surface area (Å²) in [7, 11) is 0. The smallest absolute Gasteiger partial charge is 0.191 e. The van der Waals surface area contributed by atoms with Gasteiger partial charge in [-0.25, -0.2) is 4.99 Å². The lowest BCUT2D eigenvalue weighted by atomic mass is 10.1. The Kier molecular flexibility index (Phi) is 7.72. The summed E-state index contributed by atoms with van der Waals surface area (Å²) in [4.78, 5) is 5.86. The number of nitrogens with one attached hydrogen (secondary N) is 2.